The summed E-state index contributed by atoms with van der Waals surface area (Å²) in [5.74, 6) is -1.51. The highest BCUT2D eigenvalue weighted by atomic mass is 16.4. The Morgan fingerprint density at radius 1 is 0.926 bits per heavy atom. The normalized spacial score (nSPS) is 11.9. The number of unbranched alkanes of at least 4 members (excludes halogenated alkanes) is 10. The molecule has 158 valence electrons. The van der Waals surface area contributed by atoms with Crippen molar-refractivity contribution in [1.82, 2.24) is 4.90 Å². The summed E-state index contributed by atoms with van der Waals surface area (Å²) in [5, 5.41) is 16.3. The summed E-state index contributed by atoms with van der Waals surface area (Å²) in [6.45, 7) is 2.47. The number of aliphatic carboxylic acids is 1. The minimum absolute atomic E-state index is 0.165. The van der Waals surface area contributed by atoms with Crippen LogP contribution in [0.3, 0.4) is 0 Å². The number of hydrogen-bond donors (Lipinski definition) is 4. The van der Waals surface area contributed by atoms with Crippen molar-refractivity contribution in [3.63, 3.8) is 0 Å². The fraction of sp³-hybridized carbons (Fsp3) is 0.850. The standard InChI is InChI=1S/C20H40N4O3/c1-2-3-4-5-6-7-8-9-10-11-12-15-18(25)24(20(22)23)16-13-14-17(21)19(26)27/h17H,2-16,21H2,1H3,(H3,22,23)(H,26,27)/t17-/m0/s1. The number of carbonyl (C=O) groups is 2. The van der Waals surface area contributed by atoms with Gasteiger partial charge in [0.1, 0.15) is 6.04 Å². The van der Waals surface area contributed by atoms with Crippen LogP contribution in [0.25, 0.3) is 0 Å². The molecule has 0 rings (SSSR count). The number of hydrogen-bond acceptors (Lipinski definition) is 4. The van der Waals surface area contributed by atoms with Gasteiger partial charge in [0.25, 0.3) is 0 Å². The lowest BCUT2D eigenvalue weighted by molar-refractivity contribution is -0.138. The molecular formula is C20H40N4O3. The van der Waals surface area contributed by atoms with Crippen molar-refractivity contribution in [3.8, 4) is 0 Å². The summed E-state index contributed by atoms with van der Waals surface area (Å²) < 4.78 is 0. The first-order valence-corrected chi connectivity index (χ1v) is 10.5. The molecule has 0 aromatic heterocycles. The molecule has 0 aromatic carbocycles. The van der Waals surface area contributed by atoms with Crippen molar-refractivity contribution in [2.75, 3.05) is 6.54 Å². The molecule has 0 aromatic rings. The second kappa shape index (κ2) is 16.5. The zero-order valence-corrected chi connectivity index (χ0v) is 17.0. The number of carboxylic acids is 1. The molecule has 0 aliphatic carbocycles. The van der Waals surface area contributed by atoms with Crippen molar-refractivity contribution < 1.29 is 14.7 Å². The van der Waals surface area contributed by atoms with Gasteiger partial charge in [0.15, 0.2) is 5.96 Å². The van der Waals surface area contributed by atoms with E-state index >= 15 is 0 Å². The second-order valence-corrected chi connectivity index (χ2v) is 7.30. The summed E-state index contributed by atoms with van der Waals surface area (Å²) >= 11 is 0. The van der Waals surface area contributed by atoms with E-state index in [0.717, 1.165) is 19.3 Å². The summed E-state index contributed by atoms with van der Waals surface area (Å²) in [4.78, 5) is 24.1. The lowest BCUT2D eigenvalue weighted by Crippen LogP contribution is -2.42. The molecule has 0 saturated heterocycles. The zero-order chi connectivity index (χ0) is 20.5. The lowest BCUT2D eigenvalue weighted by Gasteiger charge is -2.21. The van der Waals surface area contributed by atoms with Crippen LogP contribution in [0.4, 0.5) is 0 Å². The number of guanidine groups is 1. The number of carbonyl (C=O) groups excluding carboxylic acids is 1. The summed E-state index contributed by atoms with van der Waals surface area (Å²) in [6.07, 6.45) is 14.4. The summed E-state index contributed by atoms with van der Waals surface area (Å²) in [5.41, 5.74) is 10.9. The monoisotopic (exact) mass is 384 g/mol. The molecule has 7 nitrogen and oxygen atoms in total. The maximum absolute atomic E-state index is 12.2. The molecule has 0 aliphatic heterocycles. The van der Waals surface area contributed by atoms with Crippen LogP contribution < -0.4 is 11.5 Å². The number of nitrogens with two attached hydrogens (primary N) is 2. The van der Waals surface area contributed by atoms with Gasteiger partial charge in [0.05, 0.1) is 0 Å². The van der Waals surface area contributed by atoms with Crippen LogP contribution in [-0.4, -0.2) is 40.4 Å². The molecule has 0 heterocycles. The van der Waals surface area contributed by atoms with Crippen LogP contribution in [0.1, 0.15) is 96.8 Å². The third-order valence-electron chi connectivity index (χ3n) is 4.80. The Kier molecular flexibility index (Phi) is 15.5. The maximum Gasteiger partial charge on any atom is 0.320 e. The summed E-state index contributed by atoms with van der Waals surface area (Å²) in [6, 6.07) is -0.944. The van der Waals surface area contributed by atoms with Gasteiger partial charge < -0.3 is 16.6 Å². The van der Waals surface area contributed by atoms with Gasteiger partial charge in [0, 0.05) is 13.0 Å². The molecule has 1 amide bonds. The van der Waals surface area contributed by atoms with Crippen molar-refractivity contribution in [2.24, 2.45) is 11.5 Å². The molecule has 0 radical (unpaired) electrons. The Bertz CT molecular complexity index is 429. The van der Waals surface area contributed by atoms with Crippen molar-refractivity contribution in [1.29, 1.82) is 5.41 Å². The third kappa shape index (κ3) is 14.1. The minimum Gasteiger partial charge on any atom is -0.480 e. The molecular weight excluding hydrogens is 344 g/mol. The van der Waals surface area contributed by atoms with Crippen molar-refractivity contribution >= 4 is 17.8 Å². The number of carboxylic acid groups (broad SMARTS) is 1. The van der Waals surface area contributed by atoms with Crippen LogP contribution in [-0.2, 0) is 9.59 Å². The second-order valence-electron chi connectivity index (χ2n) is 7.30. The van der Waals surface area contributed by atoms with E-state index in [0.29, 0.717) is 12.8 Å². The van der Waals surface area contributed by atoms with E-state index in [1.165, 1.54) is 56.3 Å². The van der Waals surface area contributed by atoms with E-state index in [1.54, 1.807) is 0 Å². The van der Waals surface area contributed by atoms with E-state index in [-0.39, 0.29) is 24.8 Å². The van der Waals surface area contributed by atoms with Crippen LogP contribution in [0.5, 0.6) is 0 Å². The number of amides is 1. The average molecular weight is 385 g/mol. The lowest BCUT2D eigenvalue weighted by atomic mass is 10.1. The largest absolute Gasteiger partial charge is 0.480 e. The fourth-order valence-electron chi connectivity index (χ4n) is 3.05. The molecule has 0 spiro atoms. The molecule has 1 atom stereocenters. The van der Waals surface area contributed by atoms with Crippen LogP contribution in [0, 0.1) is 5.41 Å². The molecule has 7 heteroatoms. The molecule has 6 N–H and O–H groups in total. The highest BCUT2D eigenvalue weighted by molar-refractivity contribution is 5.94. The first-order chi connectivity index (χ1) is 12.9. The quantitative estimate of drug-likeness (QED) is 0.173. The molecule has 0 fully saturated rings. The number of rotatable bonds is 17. The maximum atomic E-state index is 12.2. The average Bonchev–Trinajstić information content (AvgIpc) is 2.62. The van der Waals surface area contributed by atoms with E-state index in [4.69, 9.17) is 22.0 Å². The van der Waals surface area contributed by atoms with E-state index < -0.39 is 12.0 Å². The first kappa shape index (κ1) is 25.4. The van der Waals surface area contributed by atoms with Gasteiger partial charge in [-0.15, -0.1) is 0 Å². The Balaban J connectivity index is 3.77. The highest BCUT2D eigenvalue weighted by Crippen LogP contribution is 2.12. The SMILES string of the molecule is CCCCCCCCCCCCCC(=O)N(CCC[C@H](N)C(=O)O)C(=N)N. The van der Waals surface area contributed by atoms with Gasteiger partial charge in [-0.2, -0.15) is 0 Å². The Hall–Kier alpha value is -1.63. The van der Waals surface area contributed by atoms with Crippen LogP contribution in [0.15, 0.2) is 0 Å². The smallest absolute Gasteiger partial charge is 0.320 e. The van der Waals surface area contributed by atoms with Gasteiger partial charge in [0.2, 0.25) is 5.91 Å². The predicted molar refractivity (Wildman–Crippen MR) is 110 cm³/mol. The zero-order valence-electron chi connectivity index (χ0n) is 17.0. The van der Waals surface area contributed by atoms with Crippen LogP contribution in [0.2, 0.25) is 0 Å². The van der Waals surface area contributed by atoms with E-state index in [9.17, 15) is 9.59 Å². The fourth-order valence-corrected chi connectivity index (χ4v) is 3.05. The minimum atomic E-state index is -1.06. The first-order valence-electron chi connectivity index (χ1n) is 10.5. The molecule has 0 bridgehead atoms. The highest BCUT2D eigenvalue weighted by Gasteiger charge is 2.17. The topological polar surface area (TPSA) is 134 Å². The Morgan fingerprint density at radius 3 is 1.85 bits per heavy atom. The van der Waals surface area contributed by atoms with E-state index in [1.807, 2.05) is 0 Å². The molecule has 27 heavy (non-hydrogen) atoms. The van der Waals surface area contributed by atoms with Gasteiger partial charge in [-0.25, -0.2) is 0 Å². The molecule has 0 unspecified atom stereocenters. The Morgan fingerprint density at radius 2 is 1.41 bits per heavy atom. The van der Waals surface area contributed by atoms with Crippen molar-refractivity contribution in [3.05, 3.63) is 0 Å². The molecule has 0 aliphatic rings. The van der Waals surface area contributed by atoms with E-state index in [2.05, 4.69) is 6.92 Å². The number of nitrogens with zero attached hydrogens (tertiary/aromatic N) is 1. The van der Waals surface area contributed by atoms with Gasteiger partial charge >= 0.3 is 5.97 Å². The third-order valence-corrected chi connectivity index (χ3v) is 4.80. The van der Waals surface area contributed by atoms with Gasteiger partial charge in [-0.1, -0.05) is 71.1 Å². The summed E-state index contributed by atoms with van der Waals surface area (Å²) in [7, 11) is 0. The Labute approximate surface area is 164 Å². The number of nitrogens with one attached hydrogen (secondary N) is 1. The molecule has 0 saturated carbocycles. The van der Waals surface area contributed by atoms with Gasteiger partial charge in [-0.3, -0.25) is 19.9 Å². The van der Waals surface area contributed by atoms with Gasteiger partial charge in [-0.05, 0) is 19.3 Å². The van der Waals surface area contributed by atoms with Crippen molar-refractivity contribution in [2.45, 2.75) is 103 Å². The predicted octanol–water partition coefficient (Wildman–Crippen LogP) is 3.60. The van der Waals surface area contributed by atoms with Crippen LogP contribution >= 0.6 is 0 Å².